The highest BCUT2D eigenvalue weighted by atomic mass is 16.2. The number of nitrogens with two attached hydrogens (primary N) is 1. The lowest BCUT2D eigenvalue weighted by Crippen LogP contribution is -2.54. The van der Waals surface area contributed by atoms with Gasteiger partial charge in [-0.1, -0.05) is 166 Å². The third-order valence-corrected chi connectivity index (χ3v) is 15.1. The second-order valence-electron chi connectivity index (χ2n) is 22.0. The molecule has 24 nitrogen and oxygen atoms in total. The van der Waals surface area contributed by atoms with Crippen molar-refractivity contribution in [2.75, 3.05) is 35.2 Å². The van der Waals surface area contributed by atoms with Crippen molar-refractivity contribution in [2.45, 2.75) is 116 Å². The van der Waals surface area contributed by atoms with E-state index in [9.17, 15) is 57.5 Å². The lowest BCUT2D eigenvalue weighted by atomic mass is 10.1. The molecular formula is C69H78N12O12. The third-order valence-electron chi connectivity index (χ3n) is 15.1. The smallest absolute Gasteiger partial charge is 0.336 e. The van der Waals surface area contributed by atoms with Gasteiger partial charge in [-0.2, -0.15) is 0 Å². The number of primary amides is 1. The van der Waals surface area contributed by atoms with E-state index < -0.39 is 70.2 Å². The SMILES string of the molecule is NC(=O)N(CCCCCCn1c(=O)n(CCCCCCNC(=O)Nc2ccc(CNC(=O)C(=O)c3ccccc3)cc2)c(=O)n(CCCCCCNC(=O)Nc2ccc(CNC(=O)C(=O)c3ccccc3)cc2)c1=O)c1ccc(CNC(=O)C(=O)c2ccccc2)cc1. The van der Waals surface area contributed by atoms with Crippen LogP contribution in [0.3, 0.4) is 0 Å². The van der Waals surface area contributed by atoms with Crippen molar-refractivity contribution < 1.29 is 43.2 Å². The van der Waals surface area contributed by atoms with Gasteiger partial charge < -0.3 is 43.0 Å². The van der Waals surface area contributed by atoms with Crippen molar-refractivity contribution in [2.24, 2.45) is 5.73 Å². The molecule has 0 aliphatic heterocycles. The highest BCUT2D eigenvalue weighted by molar-refractivity contribution is 6.43. The fraction of sp³-hybridized carbons (Fsp3) is 0.304. The van der Waals surface area contributed by atoms with E-state index in [0.717, 1.165) is 24.8 Å². The van der Waals surface area contributed by atoms with Crippen molar-refractivity contribution in [3.05, 3.63) is 229 Å². The molecule has 9 N–H and O–H groups in total. The summed E-state index contributed by atoms with van der Waals surface area (Å²) in [5.41, 5.74) is 8.25. The minimum absolute atomic E-state index is 0.0489. The number of hydrogen-bond acceptors (Lipinski definition) is 12. The van der Waals surface area contributed by atoms with E-state index in [1.807, 2.05) is 0 Å². The van der Waals surface area contributed by atoms with E-state index >= 15 is 0 Å². The van der Waals surface area contributed by atoms with Gasteiger partial charge in [-0.3, -0.25) is 33.7 Å². The van der Waals surface area contributed by atoms with Crippen molar-refractivity contribution in [1.82, 2.24) is 40.3 Å². The maximum atomic E-state index is 13.9. The lowest BCUT2D eigenvalue weighted by molar-refractivity contribution is -0.117. The molecule has 0 fully saturated rings. The van der Waals surface area contributed by atoms with Crippen molar-refractivity contribution in [1.29, 1.82) is 0 Å². The number of carbonyl (C=O) groups excluding carboxylic acids is 9. The lowest BCUT2D eigenvalue weighted by Gasteiger charge is -2.21. The van der Waals surface area contributed by atoms with Crippen molar-refractivity contribution in [3.8, 4) is 0 Å². The monoisotopic (exact) mass is 1270 g/mol. The second-order valence-corrected chi connectivity index (χ2v) is 22.0. The Balaban J connectivity index is 0.853. The zero-order chi connectivity index (χ0) is 66.3. The molecular weight excluding hydrogens is 1190 g/mol. The minimum Gasteiger partial charge on any atom is -0.351 e. The van der Waals surface area contributed by atoms with E-state index in [2.05, 4.69) is 37.2 Å². The molecule has 0 radical (unpaired) electrons. The molecule has 0 atom stereocenters. The van der Waals surface area contributed by atoms with Crippen LogP contribution in [0.25, 0.3) is 0 Å². The maximum Gasteiger partial charge on any atom is 0.336 e. The predicted molar refractivity (Wildman–Crippen MR) is 353 cm³/mol. The summed E-state index contributed by atoms with van der Waals surface area (Å²) >= 11 is 0. The van der Waals surface area contributed by atoms with Gasteiger partial charge in [-0.15, -0.1) is 0 Å². The number of hydrogen-bond donors (Lipinski definition) is 8. The maximum absolute atomic E-state index is 13.9. The summed E-state index contributed by atoms with van der Waals surface area (Å²) < 4.78 is 3.31. The number of rotatable bonds is 36. The number of Topliss-reactive ketones (excluding diaryl/α,β-unsaturated/α-hetero) is 3. The molecule has 0 saturated heterocycles. The summed E-state index contributed by atoms with van der Waals surface area (Å²) in [6, 6.07) is 43.7. The molecule has 7 rings (SSSR count). The number of aromatic nitrogens is 3. The van der Waals surface area contributed by atoms with Crippen LogP contribution in [-0.2, 0) is 53.7 Å². The first-order chi connectivity index (χ1) is 45.1. The standard InChI is InChI=1S/C69H78N12O12/c70-64(88)78(57-38-32-51(33-39-57)48-75-63(87)60(84)54-26-14-9-15-27-54)42-18-5-6-21-45-81-68(92)79(43-19-3-1-16-40-71-65(89)76-55-34-28-49(29-35-55)46-73-61(85)58(82)52-22-10-7-11-23-52)67(91)80(69(81)93)44-20-4-2-17-41-72-66(90)77-56-36-30-50(31-37-56)47-74-62(86)59(83)53-24-12-8-13-25-53/h7-15,22-39H,1-6,16-21,40-48H2,(H2,70,88)(H,73,85)(H,74,86)(H,75,87)(H2,71,76,89)(H2,72,77,90). The largest absolute Gasteiger partial charge is 0.351 e. The molecule has 0 saturated carbocycles. The van der Waals surface area contributed by atoms with E-state index in [4.69, 9.17) is 5.73 Å². The van der Waals surface area contributed by atoms with Gasteiger partial charge in [0.05, 0.1) is 0 Å². The molecule has 0 bridgehead atoms. The van der Waals surface area contributed by atoms with Crippen LogP contribution in [0.2, 0.25) is 0 Å². The van der Waals surface area contributed by atoms with Crippen LogP contribution in [0.4, 0.5) is 31.4 Å². The molecule has 0 unspecified atom stereocenters. The number of urea groups is 3. The summed E-state index contributed by atoms with van der Waals surface area (Å²) in [7, 11) is 0. The Labute approximate surface area is 537 Å². The number of benzene rings is 6. The molecule has 6 aromatic carbocycles. The normalized spacial score (nSPS) is 10.8. The summed E-state index contributed by atoms with van der Waals surface area (Å²) in [5.74, 6) is -4.11. The van der Waals surface area contributed by atoms with E-state index in [0.29, 0.717) is 124 Å². The molecule has 1 aromatic heterocycles. The molecule has 7 aromatic rings. The molecule has 486 valence electrons. The molecule has 9 amide bonds. The van der Waals surface area contributed by atoms with Crippen LogP contribution in [0, 0.1) is 0 Å². The van der Waals surface area contributed by atoms with Crippen molar-refractivity contribution in [3.63, 3.8) is 0 Å². The molecule has 1 heterocycles. The van der Waals surface area contributed by atoms with Gasteiger partial charge in [-0.25, -0.2) is 42.5 Å². The molecule has 93 heavy (non-hydrogen) atoms. The van der Waals surface area contributed by atoms with Gasteiger partial charge in [0.15, 0.2) is 0 Å². The number of anilines is 3. The van der Waals surface area contributed by atoms with Gasteiger partial charge in [0.25, 0.3) is 17.7 Å². The fourth-order valence-corrected chi connectivity index (χ4v) is 9.92. The molecule has 0 aliphatic carbocycles. The number of amides is 9. The zero-order valence-electron chi connectivity index (χ0n) is 51.7. The quantitative estimate of drug-likeness (QED) is 0.0107. The predicted octanol–water partition coefficient (Wildman–Crippen LogP) is 7.58. The minimum atomic E-state index is -0.742. The Bertz CT molecular complexity index is 3680. The van der Waals surface area contributed by atoms with Crippen LogP contribution in [0.1, 0.15) is 125 Å². The summed E-state index contributed by atoms with van der Waals surface area (Å²) in [6.45, 7) is 1.50. The van der Waals surface area contributed by atoms with Gasteiger partial charge in [0.1, 0.15) is 0 Å². The van der Waals surface area contributed by atoms with Crippen LogP contribution >= 0.6 is 0 Å². The topological polar surface area (TPSA) is 333 Å². The number of carbonyl (C=O) groups is 9. The number of unbranched alkanes of at least 4 members (excludes halogenated alkanes) is 9. The van der Waals surface area contributed by atoms with E-state index in [1.165, 1.54) is 4.90 Å². The number of nitrogens with one attached hydrogen (secondary N) is 7. The van der Waals surface area contributed by atoms with E-state index in [1.54, 1.807) is 164 Å². The van der Waals surface area contributed by atoms with Crippen molar-refractivity contribution >= 4 is 70.2 Å². The highest BCUT2D eigenvalue weighted by Gasteiger charge is 2.20. The van der Waals surface area contributed by atoms with Crippen LogP contribution < -0.4 is 64.9 Å². The van der Waals surface area contributed by atoms with Gasteiger partial charge in [0, 0.05) is 92.7 Å². The average Bonchev–Trinajstić information content (AvgIpc) is 0.851. The number of nitrogens with zero attached hydrogens (tertiary/aromatic N) is 4. The number of ketones is 3. The Morgan fingerprint density at radius 3 is 0.968 bits per heavy atom. The summed E-state index contributed by atoms with van der Waals surface area (Å²) in [4.78, 5) is 156. The Morgan fingerprint density at radius 2 is 0.645 bits per heavy atom. The highest BCUT2D eigenvalue weighted by Crippen LogP contribution is 2.18. The molecule has 0 aliphatic rings. The first kappa shape index (κ1) is 69.4. The van der Waals surface area contributed by atoms with Crippen LogP contribution in [-0.4, -0.2) is 86.5 Å². The van der Waals surface area contributed by atoms with Crippen LogP contribution in [0.15, 0.2) is 178 Å². The Kier molecular flexibility index (Phi) is 27.3. The van der Waals surface area contributed by atoms with Crippen LogP contribution in [0.5, 0.6) is 0 Å². The van der Waals surface area contributed by atoms with E-state index in [-0.39, 0.29) is 51.4 Å². The van der Waals surface area contributed by atoms with Gasteiger partial charge >= 0.3 is 35.2 Å². The molecule has 0 spiro atoms. The summed E-state index contributed by atoms with van der Waals surface area (Å²) in [5, 5.41) is 19.0. The third kappa shape index (κ3) is 22.1. The Morgan fingerprint density at radius 1 is 0.344 bits per heavy atom. The average molecular weight is 1270 g/mol. The van der Waals surface area contributed by atoms with Gasteiger partial charge in [0.2, 0.25) is 17.3 Å². The van der Waals surface area contributed by atoms with Gasteiger partial charge in [-0.05, 0) is 91.6 Å². The summed E-state index contributed by atoms with van der Waals surface area (Å²) in [6.07, 6.45) is 6.83. The Hall–Kier alpha value is -11.0. The second kappa shape index (κ2) is 36.6. The first-order valence-electron chi connectivity index (χ1n) is 31.1. The zero-order valence-corrected chi connectivity index (χ0v) is 51.7. The molecule has 24 heteroatoms. The first-order valence-corrected chi connectivity index (χ1v) is 31.1. The fourth-order valence-electron chi connectivity index (χ4n) is 9.92.